The highest BCUT2D eigenvalue weighted by molar-refractivity contribution is 5.87. The Morgan fingerprint density at radius 1 is 1.43 bits per heavy atom. The minimum atomic E-state index is -0.375. The minimum Gasteiger partial charge on any atom is -0.456 e. The lowest BCUT2D eigenvalue weighted by Gasteiger charge is -2.26. The van der Waals surface area contributed by atoms with Gasteiger partial charge in [-0.05, 0) is 39.5 Å². The van der Waals surface area contributed by atoms with Gasteiger partial charge in [-0.1, -0.05) is 20.4 Å². The molecule has 0 aromatic rings. The number of carbonyl (C=O) groups is 1. The fourth-order valence-corrected chi connectivity index (χ4v) is 1.03. The third kappa shape index (κ3) is 5.79. The van der Waals surface area contributed by atoms with E-state index >= 15 is 0 Å². The van der Waals surface area contributed by atoms with Crippen LogP contribution in [0, 0.1) is 5.92 Å². The van der Waals surface area contributed by atoms with Gasteiger partial charge in [-0.2, -0.15) is 0 Å². The van der Waals surface area contributed by atoms with Crippen molar-refractivity contribution in [2.45, 2.75) is 53.1 Å². The molecule has 2 nitrogen and oxygen atoms in total. The van der Waals surface area contributed by atoms with Crippen LogP contribution < -0.4 is 0 Å². The fourth-order valence-electron chi connectivity index (χ4n) is 1.03. The number of hydrogen-bond donors (Lipinski definition) is 0. The first kappa shape index (κ1) is 13.2. The van der Waals surface area contributed by atoms with E-state index in [2.05, 4.69) is 20.4 Å². The topological polar surface area (TPSA) is 26.3 Å². The number of carbonyl (C=O) groups excluding carboxylic acids is 1. The summed E-state index contributed by atoms with van der Waals surface area (Å²) in [6, 6.07) is 0. The molecule has 2 heteroatoms. The molecule has 0 heterocycles. The summed E-state index contributed by atoms with van der Waals surface area (Å²) in [7, 11) is 0. The molecule has 0 aliphatic heterocycles. The van der Waals surface area contributed by atoms with Crippen LogP contribution in [0.1, 0.15) is 47.5 Å². The normalized spacial score (nSPS) is 11.6. The average molecular weight is 198 g/mol. The van der Waals surface area contributed by atoms with Gasteiger partial charge in [0, 0.05) is 5.57 Å². The molecule has 82 valence electrons. The van der Waals surface area contributed by atoms with Crippen LogP contribution in [-0.4, -0.2) is 11.6 Å². The van der Waals surface area contributed by atoms with E-state index in [1.54, 1.807) is 6.92 Å². The maximum Gasteiger partial charge on any atom is 0.333 e. The van der Waals surface area contributed by atoms with Crippen LogP contribution in [0.3, 0.4) is 0 Å². The summed E-state index contributed by atoms with van der Waals surface area (Å²) < 4.78 is 5.31. The van der Waals surface area contributed by atoms with E-state index in [0.29, 0.717) is 11.5 Å². The van der Waals surface area contributed by atoms with Gasteiger partial charge in [0.15, 0.2) is 0 Å². The predicted octanol–water partition coefficient (Wildman–Crippen LogP) is 3.32. The molecule has 0 aromatic heterocycles. The molecule has 0 unspecified atom stereocenters. The third-order valence-electron chi connectivity index (χ3n) is 2.04. The Hall–Kier alpha value is -0.790. The van der Waals surface area contributed by atoms with E-state index in [0.717, 1.165) is 12.8 Å². The van der Waals surface area contributed by atoms with E-state index in [1.807, 2.05) is 13.8 Å². The molecule has 0 aliphatic rings. The maximum atomic E-state index is 11.3. The minimum absolute atomic E-state index is 0.293. The summed E-state index contributed by atoms with van der Waals surface area (Å²) in [5.41, 5.74) is 0.0861. The van der Waals surface area contributed by atoms with Gasteiger partial charge in [0.25, 0.3) is 0 Å². The van der Waals surface area contributed by atoms with Crippen molar-refractivity contribution in [3.63, 3.8) is 0 Å². The molecule has 0 aromatic carbocycles. The average Bonchev–Trinajstić information content (AvgIpc) is 2.00. The fraction of sp³-hybridized carbons (Fsp3) is 0.750. The molecule has 0 bridgehead atoms. The molecule has 0 rings (SSSR count). The van der Waals surface area contributed by atoms with E-state index < -0.39 is 0 Å². The summed E-state index contributed by atoms with van der Waals surface area (Å²) in [4.78, 5) is 11.3. The monoisotopic (exact) mass is 198 g/mol. The molecular weight excluding hydrogens is 176 g/mol. The van der Waals surface area contributed by atoms with Crippen molar-refractivity contribution in [2.75, 3.05) is 0 Å². The lowest BCUT2D eigenvalue weighted by atomic mass is 9.97. The van der Waals surface area contributed by atoms with E-state index in [9.17, 15) is 4.79 Å². The van der Waals surface area contributed by atoms with Crippen molar-refractivity contribution >= 4 is 5.97 Å². The van der Waals surface area contributed by atoms with Crippen LogP contribution in [0.4, 0.5) is 0 Å². The first-order valence-electron chi connectivity index (χ1n) is 5.13. The van der Waals surface area contributed by atoms with Crippen LogP contribution in [0.2, 0.25) is 0 Å². The predicted molar refractivity (Wildman–Crippen MR) is 59.1 cm³/mol. The lowest BCUT2D eigenvalue weighted by Crippen LogP contribution is -2.28. The number of rotatable bonds is 5. The van der Waals surface area contributed by atoms with Crippen LogP contribution in [-0.2, 0) is 9.53 Å². The van der Waals surface area contributed by atoms with Gasteiger partial charge >= 0.3 is 5.97 Å². The van der Waals surface area contributed by atoms with Gasteiger partial charge < -0.3 is 4.74 Å². The standard InChI is InChI=1S/C12H22O2/c1-9(2)7-8-12(5,6)14-11(13)10(3)4/h9H,3,7-8H2,1-2,4-6H3. The van der Waals surface area contributed by atoms with Crippen LogP contribution in [0.15, 0.2) is 12.2 Å². The number of hydrogen-bond acceptors (Lipinski definition) is 2. The number of esters is 1. The summed E-state index contributed by atoms with van der Waals surface area (Å²) in [5.74, 6) is 0.344. The zero-order valence-corrected chi connectivity index (χ0v) is 10.0. The quantitative estimate of drug-likeness (QED) is 0.500. The Balaban J connectivity index is 4.06. The zero-order valence-electron chi connectivity index (χ0n) is 10.0. The highest BCUT2D eigenvalue weighted by Crippen LogP contribution is 2.20. The van der Waals surface area contributed by atoms with Gasteiger partial charge in [0.2, 0.25) is 0 Å². The van der Waals surface area contributed by atoms with Crippen molar-refractivity contribution in [1.29, 1.82) is 0 Å². The van der Waals surface area contributed by atoms with Crippen molar-refractivity contribution in [3.05, 3.63) is 12.2 Å². The SMILES string of the molecule is C=C(C)C(=O)OC(C)(C)CCC(C)C. The number of ether oxygens (including phenoxy) is 1. The molecular formula is C12H22O2. The molecule has 0 spiro atoms. The van der Waals surface area contributed by atoms with Crippen molar-refractivity contribution < 1.29 is 9.53 Å². The zero-order chi connectivity index (χ0) is 11.4. The van der Waals surface area contributed by atoms with Gasteiger partial charge in [-0.3, -0.25) is 0 Å². The Bertz CT molecular complexity index is 214. The summed E-state index contributed by atoms with van der Waals surface area (Å²) in [5, 5.41) is 0. The third-order valence-corrected chi connectivity index (χ3v) is 2.04. The molecule has 0 aliphatic carbocycles. The molecule has 14 heavy (non-hydrogen) atoms. The van der Waals surface area contributed by atoms with Crippen LogP contribution in [0.5, 0.6) is 0 Å². The first-order chi connectivity index (χ1) is 6.24. The van der Waals surface area contributed by atoms with E-state index in [-0.39, 0.29) is 11.6 Å². The molecule has 0 N–H and O–H groups in total. The van der Waals surface area contributed by atoms with E-state index in [1.165, 1.54) is 0 Å². The Labute approximate surface area is 87.3 Å². The highest BCUT2D eigenvalue weighted by atomic mass is 16.6. The summed E-state index contributed by atoms with van der Waals surface area (Å²) >= 11 is 0. The van der Waals surface area contributed by atoms with Gasteiger partial charge in [0.05, 0.1) is 0 Å². The van der Waals surface area contributed by atoms with Gasteiger partial charge in [-0.25, -0.2) is 4.79 Å². The highest BCUT2D eigenvalue weighted by Gasteiger charge is 2.22. The van der Waals surface area contributed by atoms with Crippen LogP contribution >= 0.6 is 0 Å². The van der Waals surface area contributed by atoms with Gasteiger partial charge in [-0.15, -0.1) is 0 Å². The Morgan fingerprint density at radius 2 is 1.93 bits per heavy atom. The largest absolute Gasteiger partial charge is 0.456 e. The van der Waals surface area contributed by atoms with Crippen molar-refractivity contribution in [3.8, 4) is 0 Å². The first-order valence-corrected chi connectivity index (χ1v) is 5.13. The molecule has 0 saturated heterocycles. The Kier molecular flexibility index (Phi) is 4.89. The second-order valence-electron chi connectivity index (χ2n) is 4.86. The molecule has 0 radical (unpaired) electrons. The lowest BCUT2D eigenvalue weighted by molar-refractivity contribution is -0.152. The second-order valence-corrected chi connectivity index (χ2v) is 4.86. The van der Waals surface area contributed by atoms with E-state index in [4.69, 9.17) is 4.74 Å². The van der Waals surface area contributed by atoms with Gasteiger partial charge in [0.1, 0.15) is 5.60 Å². The maximum absolute atomic E-state index is 11.3. The smallest absolute Gasteiger partial charge is 0.333 e. The molecule has 0 atom stereocenters. The van der Waals surface area contributed by atoms with Crippen molar-refractivity contribution in [1.82, 2.24) is 0 Å². The van der Waals surface area contributed by atoms with Crippen molar-refractivity contribution in [2.24, 2.45) is 5.92 Å². The second kappa shape index (κ2) is 5.18. The molecule has 0 fully saturated rings. The molecule has 0 amide bonds. The molecule has 0 saturated carbocycles. The Morgan fingerprint density at radius 3 is 2.29 bits per heavy atom. The van der Waals surface area contributed by atoms with Crippen LogP contribution in [0.25, 0.3) is 0 Å². The summed E-state index contributed by atoms with van der Waals surface area (Å²) in [6.07, 6.45) is 1.96. The summed E-state index contributed by atoms with van der Waals surface area (Å²) in [6.45, 7) is 13.4.